The van der Waals surface area contributed by atoms with Gasteiger partial charge < -0.3 is 14.8 Å². The summed E-state index contributed by atoms with van der Waals surface area (Å²) in [5, 5.41) is 3.12. The Bertz CT molecular complexity index is 380. The third-order valence-electron chi connectivity index (χ3n) is 1.96. The van der Waals surface area contributed by atoms with Crippen molar-refractivity contribution in [3.05, 3.63) is 10.8 Å². The van der Waals surface area contributed by atoms with Crippen LogP contribution in [0.1, 0.15) is 27.7 Å². The monoisotopic (exact) mass is 317 g/mol. The van der Waals surface area contributed by atoms with Crippen LogP contribution >= 0.6 is 15.9 Å². The Morgan fingerprint density at radius 1 is 1.28 bits per heavy atom. The lowest BCUT2D eigenvalue weighted by atomic mass is 10.2. The van der Waals surface area contributed by atoms with Gasteiger partial charge in [0.25, 0.3) is 0 Å². The fourth-order valence-electron chi connectivity index (χ4n) is 1.23. The molecule has 1 N–H and O–H groups in total. The summed E-state index contributed by atoms with van der Waals surface area (Å²) in [6, 6.07) is 0. The Kier molecular flexibility index (Phi) is 5.81. The molecule has 0 bridgehead atoms. The van der Waals surface area contributed by atoms with Gasteiger partial charge in [-0.3, -0.25) is 0 Å². The first-order valence-electron chi connectivity index (χ1n) is 5.95. The number of aromatic nitrogens is 2. The highest BCUT2D eigenvalue weighted by molar-refractivity contribution is 9.10. The summed E-state index contributed by atoms with van der Waals surface area (Å²) in [7, 11) is 0. The van der Waals surface area contributed by atoms with Crippen molar-refractivity contribution >= 4 is 21.7 Å². The predicted molar refractivity (Wildman–Crippen MR) is 75.1 cm³/mol. The van der Waals surface area contributed by atoms with E-state index in [0.29, 0.717) is 19.1 Å². The summed E-state index contributed by atoms with van der Waals surface area (Å²) in [6.07, 6.45) is 1.47. The molecule has 1 aromatic rings. The Balaban J connectivity index is 2.50. The van der Waals surface area contributed by atoms with Gasteiger partial charge in [0.1, 0.15) is 23.2 Å². The van der Waals surface area contributed by atoms with E-state index in [1.165, 1.54) is 6.33 Å². The highest BCUT2D eigenvalue weighted by Crippen LogP contribution is 2.28. The molecule has 0 aliphatic carbocycles. The van der Waals surface area contributed by atoms with E-state index >= 15 is 0 Å². The van der Waals surface area contributed by atoms with Gasteiger partial charge in [0.2, 0.25) is 5.88 Å². The Morgan fingerprint density at radius 3 is 2.61 bits per heavy atom. The van der Waals surface area contributed by atoms with E-state index in [4.69, 9.17) is 9.47 Å². The number of hydrogen-bond acceptors (Lipinski definition) is 5. The van der Waals surface area contributed by atoms with Crippen LogP contribution < -0.4 is 10.1 Å². The van der Waals surface area contributed by atoms with Crippen molar-refractivity contribution in [2.75, 3.05) is 25.1 Å². The second kappa shape index (κ2) is 6.89. The maximum Gasteiger partial charge on any atom is 0.233 e. The van der Waals surface area contributed by atoms with E-state index in [1.54, 1.807) is 0 Å². The van der Waals surface area contributed by atoms with Crippen LogP contribution in [0.15, 0.2) is 10.8 Å². The second-order valence-corrected chi connectivity index (χ2v) is 5.47. The summed E-state index contributed by atoms with van der Waals surface area (Å²) < 4.78 is 11.9. The molecule has 18 heavy (non-hydrogen) atoms. The van der Waals surface area contributed by atoms with E-state index in [2.05, 4.69) is 31.2 Å². The van der Waals surface area contributed by atoms with Crippen LogP contribution in [0.4, 0.5) is 5.82 Å². The minimum absolute atomic E-state index is 0.152. The first-order valence-corrected chi connectivity index (χ1v) is 6.74. The lowest BCUT2D eigenvalue weighted by molar-refractivity contribution is -0.0169. The Labute approximate surface area is 116 Å². The van der Waals surface area contributed by atoms with E-state index in [1.807, 2.05) is 27.7 Å². The summed E-state index contributed by atoms with van der Waals surface area (Å²) >= 11 is 3.42. The first-order chi connectivity index (χ1) is 8.44. The second-order valence-electron chi connectivity index (χ2n) is 4.68. The lowest BCUT2D eigenvalue weighted by Gasteiger charge is -2.19. The molecule has 0 saturated heterocycles. The number of hydrogen-bond donors (Lipinski definition) is 1. The molecular weight excluding hydrogens is 298 g/mol. The van der Waals surface area contributed by atoms with Crippen molar-refractivity contribution in [2.45, 2.75) is 33.3 Å². The van der Waals surface area contributed by atoms with Crippen LogP contribution in [0, 0.1) is 0 Å². The van der Waals surface area contributed by atoms with Gasteiger partial charge in [-0.05, 0) is 43.6 Å². The molecule has 0 unspecified atom stereocenters. The molecular formula is C12H20BrN3O2. The highest BCUT2D eigenvalue weighted by atomic mass is 79.9. The lowest BCUT2D eigenvalue weighted by Crippen LogP contribution is -2.22. The van der Waals surface area contributed by atoms with Gasteiger partial charge in [-0.1, -0.05) is 0 Å². The third-order valence-corrected chi connectivity index (χ3v) is 2.67. The smallest absolute Gasteiger partial charge is 0.233 e. The van der Waals surface area contributed by atoms with Crippen molar-refractivity contribution in [2.24, 2.45) is 0 Å². The molecule has 0 saturated carbocycles. The van der Waals surface area contributed by atoms with Crippen LogP contribution in [-0.4, -0.2) is 35.3 Å². The van der Waals surface area contributed by atoms with Crippen molar-refractivity contribution in [3.63, 3.8) is 0 Å². The molecule has 0 amide bonds. The molecule has 0 spiro atoms. The summed E-state index contributed by atoms with van der Waals surface area (Å²) in [4.78, 5) is 8.20. The number of anilines is 1. The van der Waals surface area contributed by atoms with Crippen LogP contribution in [0.3, 0.4) is 0 Å². The Morgan fingerprint density at radius 2 is 2.00 bits per heavy atom. The zero-order valence-electron chi connectivity index (χ0n) is 11.3. The minimum atomic E-state index is -0.152. The summed E-state index contributed by atoms with van der Waals surface area (Å²) in [5.41, 5.74) is -0.152. The van der Waals surface area contributed by atoms with Crippen molar-refractivity contribution in [1.29, 1.82) is 0 Å². The molecule has 0 atom stereocenters. The minimum Gasteiger partial charge on any atom is -0.474 e. The molecule has 1 aromatic heterocycles. The van der Waals surface area contributed by atoms with Gasteiger partial charge in [0.15, 0.2) is 0 Å². The van der Waals surface area contributed by atoms with Crippen molar-refractivity contribution < 1.29 is 9.47 Å². The van der Waals surface area contributed by atoms with Gasteiger partial charge >= 0.3 is 0 Å². The maximum atomic E-state index is 5.57. The maximum absolute atomic E-state index is 5.57. The van der Waals surface area contributed by atoms with Gasteiger partial charge in [0.05, 0.1) is 12.2 Å². The molecule has 0 radical (unpaired) electrons. The summed E-state index contributed by atoms with van der Waals surface area (Å²) in [6.45, 7) is 9.81. The van der Waals surface area contributed by atoms with E-state index in [9.17, 15) is 0 Å². The molecule has 0 fully saturated rings. The molecule has 5 nitrogen and oxygen atoms in total. The van der Waals surface area contributed by atoms with Crippen LogP contribution in [0.2, 0.25) is 0 Å². The quantitative estimate of drug-likeness (QED) is 0.818. The zero-order chi connectivity index (χ0) is 13.6. The zero-order valence-corrected chi connectivity index (χ0v) is 12.9. The molecule has 1 rings (SSSR count). The molecule has 0 aliphatic rings. The van der Waals surface area contributed by atoms with Crippen LogP contribution in [0.25, 0.3) is 0 Å². The topological polar surface area (TPSA) is 56.3 Å². The van der Waals surface area contributed by atoms with Gasteiger partial charge in [-0.25, -0.2) is 9.97 Å². The van der Waals surface area contributed by atoms with E-state index < -0.39 is 0 Å². The van der Waals surface area contributed by atoms with Crippen molar-refractivity contribution in [3.8, 4) is 5.88 Å². The first kappa shape index (κ1) is 15.2. The van der Waals surface area contributed by atoms with Crippen molar-refractivity contribution in [1.82, 2.24) is 9.97 Å². The predicted octanol–water partition coefficient (Wildman–Crippen LogP) is 2.86. The van der Waals surface area contributed by atoms with E-state index in [-0.39, 0.29) is 5.60 Å². The average Bonchev–Trinajstić information content (AvgIpc) is 2.28. The molecule has 0 aliphatic heterocycles. The Hall–Kier alpha value is -0.880. The standard InChI is InChI=1S/C12H20BrN3O2/c1-5-14-10-9(13)11(16-8-15-10)17-6-7-18-12(2,3)4/h8H,5-7H2,1-4H3,(H,14,15,16). The van der Waals surface area contributed by atoms with E-state index in [0.717, 1.165) is 16.8 Å². The largest absolute Gasteiger partial charge is 0.474 e. The fourth-order valence-corrected chi connectivity index (χ4v) is 1.69. The normalized spacial score (nSPS) is 11.4. The van der Waals surface area contributed by atoms with Gasteiger partial charge in [-0.2, -0.15) is 0 Å². The molecule has 1 heterocycles. The number of rotatable bonds is 6. The summed E-state index contributed by atoms with van der Waals surface area (Å²) in [5.74, 6) is 1.26. The molecule has 102 valence electrons. The molecule has 0 aromatic carbocycles. The van der Waals surface area contributed by atoms with Gasteiger partial charge in [-0.15, -0.1) is 0 Å². The number of ether oxygens (including phenoxy) is 2. The third kappa shape index (κ3) is 5.18. The SMILES string of the molecule is CCNc1ncnc(OCCOC(C)(C)C)c1Br. The number of nitrogens with zero attached hydrogens (tertiary/aromatic N) is 2. The fraction of sp³-hybridized carbons (Fsp3) is 0.667. The highest BCUT2D eigenvalue weighted by Gasteiger charge is 2.11. The number of halogens is 1. The molecule has 6 heteroatoms. The van der Waals surface area contributed by atoms with Crippen LogP contribution in [0.5, 0.6) is 5.88 Å². The van der Waals surface area contributed by atoms with Gasteiger partial charge in [0, 0.05) is 6.54 Å². The average molecular weight is 318 g/mol. The van der Waals surface area contributed by atoms with Crippen LogP contribution in [-0.2, 0) is 4.74 Å². The number of nitrogens with one attached hydrogen (secondary N) is 1.